The van der Waals surface area contributed by atoms with Crippen LogP contribution in [0.2, 0.25) is 0 Å². The first-order valence-electron chi connectivity index (χ1n) is 2.75. The molecule has 0 N–H and O–H groups in total. The lowest BCUT2D eigenvalue weighted by atomic mass is 10.6. The van der Waals surface area contributed by atoms with Gasteiger partial charge in [-0.05, 0) is 19.3 Å². The highest BCUT2D eigenvalue weighted by Crippen LogP contribution is 2.00. The fourth-order valence-electron chi connectivity index (χ4n) is 0.304. The van der Waals surface area contributed by atoms with Crippen LogP contribution in [0, 0.1) is 0 Å². The molecule has 0 aromatic heterocycles. The van der Waals surface area contributed by atoms with E-state index in [1.54, 1.807) is 0 Å². The van der Waals surface area contributed by atoms with E-state index in [0.29, 0.717) is 0 Å². The summed E-state index contributed by atoms with van der Waals surface area (Å²) in [6.07, 6.45) is 6.26. The molecule has 1 heteroatoms. The highest BCUT2D eigenvalue weighted by atomic mass is 32.2. The van der Waals surface area contributed by atoms with E-state index in [4.69, 9.17) is 0 Å². The molecule has 0 aliphatic heterocycles. The van der Waals surface area contributed by atoms with Crippen LogP contribution in [0.15, 0.2) is 23.6 Å². The Hall–Kier alpha value is -0.170. The van der Waals surface area contributed by atoms with E-state index in [0.717, 1.165) is 5.75 Å². The maximum atomic E-state index is 2.14. The molecule has 0 aliphatic carbocycles. The molecule has 0 aromatic rings. The Balaban J connectivity index is 2.93. The van der Waals surface area contributed by atoms with Gasteiger partial charge in [0, 0.05) is 5.75 Å². The second-order valence-electron chi connectivity index (χ2n) is 1.37. The summed E-state index contributed by atoms with van der Waals surface area (Å²) < 4.78 is 0. The van der Waals surface area contributed by atoms with Crippen LogP contribution < -0.4 is 0 Å². The molecule has 0 aromatic carbocycles. The Morgan fingerprint density at radius 2 is 2.00 bits per heavy atom. The summed E-state index contributed by atoms with van der Waals surface area (Å²) >= 11 is 1.81. The fraction of sp³-hybridized carbons (Fsp3) is 0.429. The van der Waals surface area contributed by atoms with E-state index in [2.05, 4.69) is 17.6 Å². The van der Waals surface area contributed by atoms with Gasteiger partial charge in [0.15, 0.2) is 0 Å². The van der Waals surface area contributed by atoms with E-state index < -0.39 is 0 Å². The van der Waals surface area contributed by atoms with Crippen molar-refractivity contribution in [1.29, 1.82) is 0 Å². The molecule has 0 bridgehead atoms. The Bertz CT molecular complexity index is 70.4. The lowest BCUT2D eigenvalue weighted by molar-refractivity contribution is 1.66. The molecule has 8 heavy (non-hydrogen) atoms. The average molecular weight is 128 g/mol. The molecule has 0 saturated carbocycles. The van der Waals surface area contributed by atoms with Gasteiger partial charge in [-0.1, -0.05) is 18.2 Å². The van der Waals surface area contributed by atoms with Gasteiger partial charge in [-0.15, -0.1) is 11.8 Å². The predicted octanol–water partition coefficient (Wildman–Crippen LogP) is 2.83. The molecule has 0 nitrogen and oxygen atoms in total. The predicted molar refractivity (Wildman–Crippen MR) is 42.1 cm³/mol. The monoisotopic (exact) mass is 128 g/mol. The molecule has 0 atom stereocenters. The molecule has 0 aliphatic rings. The van der Waals surface area contributed by atoms with Crippen LogP contribution in [0.25, 0.3) is 0 Å². The van der Waals surface area contributed by atoms with Crippen LogP contribution >= 0.6 is 11.8 Å². The van der Waals surface area contributed by atoms with Crippen LogP contribution in [0.5, 0.6) is 0 Å². The summed E-state index contributed by atoms with van der Waals surface area (Å²) in [5.41, 5.74) is 0. The molecule has 0 radical (unpaired) electrons. The van der Waals surface area contributed by atoms with Crippen LogP contribution in [0.3, 0.4) is 0 Å². The fourth-order valence-corrected chi connectivity index (χ4v) is 0.911. The second kappa shape index (κ2) is 6.83. The van der Waals surface area contributed by atoms with Crippen molar-refractivity contribution >= 4 is 11.8 Å². The quantitative estimate of drug-likeness (QED) is 0.416. The third-order valence-electron chi connectivity index (χ3n) is 0.660. The lowest BCUT2D eigenvalue weighted by Gasteiger charge is -1.81. The zero-order valence-corrected chi connectivity index (χ0v) is 6.24. The Labute approximate surface area is 55.7 Å². The maximum absolute atomic E-state index is 2.14. The van der Waals surface area contributed by atoms with Crippen LogP contribution in [-0.4, -0.2) is 5.75 Å². The van der Waals surface area contributed by atoms with Gasteiger partial charge in [0.05, 0.1) is 0 Å². The number of thioether (sulfide) groups is 1. The average Bonchev–Trinajstić information content (AvgIpc) is 1.81. The van der Waals surface area contributed by atoms with Gasteiger partial charge in [-0.3, -0.25) is 0 Å². The zero-order valence-electron chi connectivity index (χ0n) is 5.42. The van der Waals surface area contributed by atoms with Crippen molar-refractivity contribution in [1.82, 2.24) is 0 Å². The van der Waals surface area contributed by atoms with Crippen LogP contribution in [0.1, 0.15) is 13.8 Å². The van der Waals surface area contributed by atoms with Crippen LogP contribution in [-0.2, 0) is 0 Å². The summed E-state index contributed by atoms with van der Waals surface area (Å²) in [5.74, 6) is 1.10. The van der Waals surface area contributed by atoms with Gasteiger partial charge in [-0.25, -0.2) is 0 Å². The van der Waals surface area contributed by atoms with Crippen molar-refractivity contribution in [2.24, 2.45) is 0 Å². The SMILES string of the molecule is C/C=C\CS/C=C\C. The normalized spacial score (nSPS) is 11.8. The molecule has 0 unspecified atom stereocenters. The molecule has 0 spiro atoms. The summed E-state index contributed by atoms with van der Waals surface area (Å²) in [7, 11) is 0. The molecule has 0 amide bonds. The first-order chi connectivity index (χ1) is 3.91. The van der Waals surface area contributed by atoms with Gasteiger partial charge < -0.3 is 0 Å². The minimum Gasteiger partial charge on any atom is -0.130 e. The summed E-state index contributed by atoms with van der Waals surface area (Å²) in [4.78, 5) is 0. The summed E-state index contributed by atoms with van der Waals surface area (Å²) in [6.45, 7) is 4.07. The Kier molecular flexibility index (Phi) is 6.68. The number of hydrogen-bond acceptors (Lipinski definition) is 1. The van der Waals surface area contributed by atoms with Gasteiger partial charge >= 0.3 is 0 Å². The van der Waals surface area contributed by atoms with E-state index in [1.165, 1.54) is 0 Å². The molecule has 0 fully saturated rings. The van der Waals surface area contributed by atoms with Crippen molar-refractivity contribution in [3.63, 3.8) is 0 Å². The standard InChI is InChI=1S/C7H12S/c1-3-5-7-8-6-4-2/h3-6H,7H2,1-2H3/b5-3-,6-4-. The smallest absolute Gasteiger partial charge is 0.0154 e. The van der Waals surface area contributed by atoms with Gasteiger partial charge in [0.1, 0.15) is 0 Å². The van der Waals surface area contributed by atoms with Gasteiger partial charge in [-0.2, -0.15) is 0 Å². The molecule has 0 heterocycles. The molecule has 0 rings (SSSR count). The topological polar surface area (TPSA) is 0 Å². The number of rotatable bonds is 3. The first-order valence-corrected chi connectivity index (χ1v) is 3.80. The molecule has 46 valence electrons. The Morgan fingerprint density at radius 3 is 2.50 bits per heavy atom. The largest absolute Gasteiger partial charge is 0.130 e. The van der Waals surface area contributed by atoms with Gasteiger partial charge in [0.2, 0.25) is 0 Å². The Morgan fingerprint density at radius 1 is 1.25 bits per heavy atom. The maximum Gasteiger partial charge on any atom is 0.0154 e. The molecule has 0 saturated heterocycles. The van der Waals surface area contributed by atoms with Gasteiger partial charge in [0.25, 0.3) is 0 Å². The van der Waals surface area contributed by atoms with E-state index in [9.17, 15) is 0 Å². The van der Waals surface area contributed by atoms with E-state index in [1.807, 2.05) is 31.7 Å². The lowest BCUT2D eigenvalue weighted by Crippen LogP contribution is -1.61. The van der Waals surface area contributed by atoms with Crippen molar-refractivity contribution in [3.8, 4) is 0 Å². The third-order valence-corrected chi connectivity index (χ3v) is 1.51. The summed E-state index contributed by atoms with van der Waals surface area (Å²) in [6, 6.07) is 0. The summed E-state index contributed by atoms with van der Waals surface area (Å²) in [5, 5.41) is 2.10. The molecular formula is C7H12S. The van der Waals surface area contributed by atoms with E-state index in [-0.39, 0.29) is 0 Å². The third kappa shape index (κ3) is 5.83. The second-order valence-corrected chi connectivity index (χ2v) is 2.31. The number of allylic oxidation sites excluding steroid dienone is 2. The molecular weight excluding hydrogens is 116 g/mol. The van der Waals surface area contributed by atoms with Crippen molar-refractivity contribution in [2.45, 2.75) is 13.8 Å². The zero-order chi connectivity index (χ0) is 6.24. The van der Waals surface area contributed by atoms with Crippen LogP contribution in [0.4, 0.5) is 0 Å². The minimum absolute atomic E-state index is 1.10. The number of hydrogen-bond donors (Lipinski definition) is 0. The van der Waals surface area contributed by atoms with Crippen molar-refractivity contribution < 1.29 is 0 Å². The highest BCUT2D eigenvalue weighted by Gasteiger charge is 1.70. The van der Waals surface area contributed by atoms with E-state index >= 15 is 0 Å². The highest BCUT2D eigenvalue weighted by molar-refractivity contribution is 8.02. The van der Waals surface area contributed by atoms with Crippen molar-refractivity contribution in [3.05, 3.63) is 23.6 Å². The van der Waals surface area contributed by atoms with Crippen molar-refractivity contribution in [2.75, 3.05) is 5.75 Å². The first kappa shape index (κ1) is 7.83. The minimum atomic E-state index is 1.10.